The molecule has 0 saturated heterocycles. The molecule has 2 aromatic heterocycles. The number of nitrogens with one attached hydrogen (secondary N) is 2. The minimum atomic E-state index is 0.303. The Morgan fingerprint density at radius 1 is 0.676 bits per heavy atom. The maximum Gasteiger partial charge on any atom is 0.222 e. The molecule has 2 N–H and O–H groups in total. The molecule has 8 fully saturated rings. The van der Waals surface area contributed by atoms with E-state index < -0.39 is 0 Å². The Hall–Kier alpha value is -1.98. The van der Waals surface area contributed by atoms with Crippen molar-refractivity contribution in [3.63, 3.8) is 0 Å². The monoisotopic (exact) mass is 499 g/mol. The van der Waals surface area contributed by atoms with Crippen molar-refractivity contribution in [3.8, 4) is 0 Å². The highest BCUT2D eigenvalue weighted by atomic mass is 16.7. The molecular weight excluding hydrogens is 456 g/mol. The lowest BCUT2D eigenvalue weighted by atomic mass is 9.51. The van der Waals surface area contributed by atoms with Crippen LogP contribution in [0.15, 0.2) is 49.1 Å². The standard InChI is InChI=1S/C32H43N4O/c1-5-33-6-2-22(1)20-35-32-17-27-12-28(18-32)30(29(13-27)19-32)37-36-7-3-23(4-8-36)21-34-31-14-24-9-25(15-31)11-26(10-24)16-31/h1-8,24-30,34-35H,9-21H2/q+1. The van der Waals surface area contributed by atoms with Gasteiger partial charge in [-0.3, -0.25) is 9.82 Å². The molecule has 2 heterocycles. The average Bonchev–Trinajstić information content (AvgIpc) is 2.89. The van der Waals surface area contributed by atoms with Crippen LogP contribution >= 0.6 is 0 Å². The number of pyridine rings is 2. The minimum absolute atomic E-state index is 0.303. The van der Waals surface area contributed by atoms with Gasteiger partial charge in [0.15, 0.2) is 6.10 Å². The van der Waals surface area contributed by atoms with Gasteiger partial charge < -0.3 is 10.6 Å². The predicted molar refractivity (Wildman–Crippen MR) is 142 cm³/mol. The quantitative estimate of drug-likeness (QED) is 0.522. The lowest BCUT2D eigenvalue weighted by Gasteiger charge is -2.58. The molecule has 0 aromatic carbocycles. The largest absolute Gasteiger partial charge is 0.307 e. The summed E-state index contributed by atoms with van der Waals surface area (Å²) in [6.07, 6.45) is 23.8. The first-order valence-corrected chi connectivity index (χ1v) is 15.2. The van der Waals surface area contributed by atoms with Crippen molar-refractivity contribution >= 4 is 0 Å². The summed E-state index contributed by atoms with van der Waals surface area (Å²) in [7, 11) is 0. The molecule has 0 aliphatic heterocycles. The molecule has 0 spiro atoms. The molecule has 0 radical (unpaired) electrons. The first-order valence-electron chi connectivity index (χ1n) is 15.2. The van der Waals surface area contributed by atoms with E-state index in [9.17, 15) is 0 Å². The Kier molecular flexibility index (Phi) is 5.44. The smallest absolute Gasteiger partial charge is 0.222 e. The molecule has 5 nitrogen and oxygen atoms in total. The normalized spacial score (nSPS) is 42.9. The molecule has 8 aliphatic rings. The van der Waals surface area contributed by atoms with Gasteiger partial charge in [-0.05, 0) is 118 Å². The van der Waals surface area contributed by atoms with Gasteiger partial charge in [0.25, 0.3) is 0 Å². The topological polar surface area (TPSA) is 50.1 Å². The summed E-state index contributed by atoms with van der Waals surface area (Å²) in [4.78, 5) is 10.9. The van der Waals surface area contributed by atoms with Crippen molar-refractivity contribution in [2.45, 2.75) is 101 Å². The highest BCUT2D eigenvalue weighted by molar-refractivity contribution is 5.14. The lowest BCUT2D eigenvalue weighted by Crippen LogP contribution is -2.66. The Labute approximate surface area is 221 Å². The Morgan fingerprint density at radius 2 is 1.16 bits per heavy atom. The maximum absolute atomic E-state index is 6.69. The van der Waals surface area contributed by atoms with Crippen LogP contribution in [0.2, 0.25) is 0 Å². The molecule has 2 unspecified atom stereocenters. The van der Waals surface area contributed by atoms with Crippen molar-refractivity contribution in [1.29, 1.82) is 0 Å². The highest BCUT2D eigenvalue weighted by Gasteiger charge is 2.57. The Morgan fingerprint density at radius 3 is 1.73 bits per heavy atom. The van der Waals surface area contributed by atoms with E-state index in [0.717, 1.165) is 36.8 Å². The van der Waals surface area contributed by atoms with E-state index in [0.29, 0.717) is 29.0 Å². The molecule has 2 aromatic rings. The number of nitrogens with zero attached hydrogens (tertiary/aromatic N) is 2. The number of aromatic nitrogens is 2. The first-order chi connectivity index (χ1) is 18.1. The SMILES string of the molecule is c1cc(CNC23CC4CC(C2)C(O[n+]2ccc(CNC56CC7CC(CC(C7)C5)C6)cc2)C(C4)C3)ccn1. The Balaban J connectivity index is 0.890. The van der Waals surface area contributed by atoms with Gasteiger partial charge >= 0.3 is 0 Å². The molecule has 8 aliphatic carbocycles. The minimum Gasteiger partial charge on any atom is -0.307 e. The zero-order chi connectivity index (χ0) is 24.5. The highest BCUT2D eigenvalue weighted by Crippen LogP contribution is 2.57. The first kappa shape index (κ1) is 23.0. The molecule has 5 heteroatoms. The summed E-state index contributed by atoms with van der Waals surface area (Å²) < 4.78 is 2.01. The van der Waals surface area contributed by atoms with E-state index in [4.69, 9.17) is 4.84 Å². The zero-order valence-corrected chi connectivity index (χ0v) is 22.2. The second-order valence-corrected chi connectivity index (χ2v) is 14.1. The van der Waals surface area contributed by atoms with Gasteiger partial charge in [-0.2, -0.15) is 0 Å². The second kappa shape index (κ2) is 8.77. The summed E-state index contributed by atoms with van der Waals surface area (Å²) >= 11 is 0. The van der Waals surface area contributed by atoms with Gasteiger partial charge in [0.2, 0.25) is 12.4 Å². The fraction of sp³-hybridized carbons (Fsp3) is 0.688. The molecule has 2 atom stereocenters. The molecule has 37 heavy (non-hydrogen) atoms. The van der Waals surface area contributed by atoms with Gasteiger partial charge in [0, 0.05) is 65.3 Å². The van der Waals surface area contributed by atoms with E-state index >= 15 is 0 Å². The van der Waals surface area contributed by atoms with Gasteiger partial charge in [0.05, 0.1) is 0 Å². The van der Waals surface area contributed by atoms with Crippen molar-refractivity contribution < 1.29 is 9.57 Å². The van der Waals surface area contributed by atoms with Crippen LogP contribution in [-0.4, -0.2) is 22.2 Å². The zero-order valence-electron chi connectivity index (χ0n) is 22.2. The van der Waals surface area contributed by atoms with Gasteiger partial charge in [0.1, 0.15) is 0 Å². The van der Waals surface area contributed by atoms with Crippen LogP contribution in [0.3, 0.4) is 0 Å². The number of rotatable bonds is 8. The molecule has 10 rings (SSSR count). The van der Waals surface area contributed by atoms with Crippen LogP contribution in [0, 0.1) is 35.5 Å². The molecule has 196 valence electrons. The van der Waals surface area contributed by atoms with Gasteiger partial charge in [-0.15, -0.1) is 0 Å². The van der Waals surface area contributed by atoms with E-state index in [1.807, 2.05) is 17.1 Å². The molecule has 0 amide bonds. The van der Waals surface area contributed by atoms with Crippen LogP contribution in [0.4, 0.5) is 0 Å². The third kappa shape index (κ3) is 4.30. The van der Waals surface area contributed by atoms with Crippen LogP contribution < -0.4 is 20.2 Å². The molecule has 8 bridgehead atoms. The van der Waals surface area contributed by atoms with Crippen molar-refractivity contribution in [1.82, 2.24) is 15.6 Å². The number of hydrogen-bond donors (Lipinski definition) is 2. The van der Waals surface area contributed by atoms with Crippen molar-refractivity contribution in [3.05, 3.63) is 60.2 Å². The predicted octanol–water partition coefficient (Wildman–Crippen LogP) is 4.59. The maximum atomic E-state index is 6.69. The van der Waals surface area contributed by atoms with E-state index in [1.165, 1.54) is 81.8 Å². The molecular formula is C32H43N4O+. The van der Waals surface area contributed by atoms with E-state index in [2.05, 4.69) is 52.3 Å². The van der Waals surface area contributed by atoms with Crippen molar-refractivity contribution in [2.75, 3.05) is 0 Å². The fourth-order valence-electron chi connectivity index (χ4n) is 10.5. The molecule has 8 saturated carbocycles. The average molecular weight is 500 g/mol. The van der Waals surface area contributed by atoms with Crippen LogP contribution in [-0.2, 0) is 13.1 Å². The summed E-state index contributed by atoms with van der Waals surface area (Å²) in [5.41, 5.74) is 3.46. The van der Waals surface area contributed by atoms with E-state index in [1.54, 1.807) is 0 Å². The third-order valence-electron chi connectivity index (χ3n) is 11.4. The summed E-state index contributed by atoms with van der Waals surface area (Å²) in [5.74, 6) is 5.19. The van der Waals surface area contributed by atoms with Crippen LogP contribution in [0.25, 0.3) is 0 Å². The van der Waals surface area contributed by atoms with Gasteiger partial charge in [-0.25, -0.2) is 0 Å². The van der Waals surface area contributed by atoms with Gasteiger partial charge in [-0.1, -0.05) is 0 Å². The second-order valence-electron chi connectivity index (χ2n) is 14.1. The third-order valence-corrected chi connectivity index (χ3v) is 11.4. The summed E-state index contributed by atoms with van der Waals surface area (Å²) in [6, 6.07) is 8.83. The van der Waals surface area contributed by atoms with Crippen molar-refractivity contribution in [2.24, 2.45) is 35.5 Å². The number of hydrogen-bond acceptors (Lipinski definition) is 4. The van der Waals surface area contributed by atoms with Crippen LogP contribution in [0.1, 0.15) is 81.8 Å². The van der Waals surface area contributed by atoms with E-state index in [-0.39, 0.29) is 0 Å². The Bertz CT molecular complexity index is 1070. The fourth-order valence-corrected chi connectivity index (χ4v) is 10.5. The summed E-state index contributed by atoms with van der Waals surface area (Å²) in [5, 5.41) is 8.05. The summed E-state index contributed by atoms with van der Waals surface area (Å²) in [6.45, 7) is 1.95. The van der Waals surface area contributed by atoms with Crippen LogP contribution in [0.5, 0.6) is 0 Å². The lowest BCUT2D eigenvalue weighted by molar-refractivity contribution is -0.902.